The maximum Gasteiger partial charge on any atom is 0.410 e. The van der Waals surface area contributed by atoms with Crippen LogP contribution in [0.5, 0.6) is 0 Å². The molecule has 1 aliphatic heterocycles. The fourth-order valence-electron chi connectivity index (χ4n) is 2.48. The molecule has 0 aliphatic carbocycles. The molecule has 0 spiro atoms. The molecule has 1 saturated heterocycles. The topological polar surface area (TPSA) is 75.7 Å². The van der Waals surface area contributed by atoms with Gasteiger partial charge in [0, 0.05) is 24.2 Å². The molecule has 25 heavy (non-hydrogen) atoms. The number of benzene rings is 1. The summed E-state index contributed by atoms with van der Waals surface area (Å²) in [7, 11) is -3.75. The molecule has 0 atom stereocenters. The molecule has 1 aliphatic rings. The minimum absolute atomic E-state index is 0.00635. The van der Waals surface area contributed by atoms with Crippen LogP contribution in [0.3, 0.4) is 0 Å². The van der Waals surface area contributed by atoms with E-state index in [1.807, 2.05) is 20.8 Å². The molecule has 6 nitrogen and oxygen atoms in total. The second kappa shape index (κ2) is 7.70. The number of halogens is 2. The van der Waals surface area contributed by atoms with Gasteiger partial charge < -0.3 is 9.64 Å². The summed E-state index contributed by atoms with van der Waals surface area (Å²) in [5.41, 5.74) is -0.555. The van der Waals surface area contributed by atoms with Gasteiger partial charge in [-0.15, -0.1) is 0 Å². The Balaban J connectivity index is 1.96. The maximum atomic E-state index is 12.5. The third-order valence-corrected chi connectivity index (χ3v) is 5.89. The zero-order valence-corrected chi connectivity index (χ0v) is 16.7. The normalized spacial score (nSPS) is 16.8. The van der Waals surface area contributed by atoms with Crippen LogP contribution in [0, 0.1) is 0 Å². The summed E-state index contributed by atoms with van der Waals surface area (Å²) in [5, 5.41) is 0.445. The molecule has 0 bridgehead atoms. The van der Waals surface area contributed by atoms with Gasteiger partial charge in [-0.25, -0.2) is 17.9 Å². The molecule has 1 amide bonds. The van der Waals surface area contributed by atoms with Gasteiger partial charge in [-0.2, -0.15) is 0 Å². The first-order valence-corrected chi connectivity index (χ1v) is 10.2. The number of rotatable bonds is 3. The average molecular weight is 409 g/mol. The van der Waals surface area contributed by atoms with Crippen LogP contribution in [0.1, 0.15) is 33.6 Å². The number of sulfonamides is 1. The number of likely N-dealkylation sites (tertiary alicyclic amines) is 1. The number of ether oxygens (including phenoxy) is 1. The van der Waals surface area contributed by atoms with Crippen molar-refractivity contribution in [2.75, 3.05) is 13.1 Å². The van der Waals surface area contributed by atoms with E-state index >= 15 is 0 Å². The summed E-state index contributed by atoms with van der Waals surface area (Å²) in [6, 6.07) is 3.98. The summed E-state index contributed by atoms with van der Waals surface area (Å²) in [4.78, 5) is 13.6. The van der Waals surface area contributed by atoms with Crippen LogP contribution in [-0.2, 0) is 14.8 Å². The molecule has 0 radical (unpaired) electrons. The third kappa shape index (κ3) is 5.74. The second-order valence-electron chi connectivity index (χ2n) is 6.94. The summed E-state index contributed by atoms with van der Waals surface area (Å²) in [6.07, 6.45) is 0.627. The first-order chi connectivity index (χ1) is 11.5. The van der Waals surface area contributed by atoms with Gasteiger partial charge in [0.25, 0.3) is 0 Å². The lowest BCUT2D eigenvalue weighted by Crippen LogP contribution is -2.47. The highest BCUT2D eigenvalue weighted by Crippen LogP contribution is 2.26. The molecule has 2 rings (SSSR count). The van der Waals surface area contributed by atoms with Crippen LogP contribution in [0.2, 0.25) is 10.0 Å². The molecule has 1 aromatic rings. The molecule has 0 unspecified atom stereocenters. The summed E-state index contributed by atoms with van der Waals surface area (Å²) >= 11 is 11.8. The average Bonchev–Trinajstić information content (AvgIpc) is 2.45. The SMILES string of the molecule is CC(C)(C)OC(=O)N1CCC(NS(=O)(=O)c2ccc(Cl)cc2Cl)CC1. The van der Waals surface area contributed by atoms with Crippen molar-refractivity contribution in [2.45, 2.75) is 50.2 Å². The van der Waals surface area contributed by atoms with Gasteiger partial charge >= 0.3 is 6.09 Å². The molecule has 9 heteroatoms. The fraction of sp³-hybridized carbons (Fsp3) is 0.562. The molecule has 140 valence electrons. The number of nitrogens with one attached hydrogen (secondary N) is 1. The predicted octanol–water partition coefficient (Wildman–Crippen LogP) is 3.67. The first-order valence-electron chi connectivity index (χ1n) is 7.93. The smallest absolute Gasteiger partial charge is 0.410 e. The Kier molecular flexibility index (Phi) is 6.25. The van der Waals surface area contributed by atoms with Crippen molar-refractivity contribution >= 4 is 39.3 Å². The molecular weight excluding hydrogens is 387 g/mol. The number of piperidine rings is 1. The Morgan fingerprint density at radius 3 is 2.36 bits per heavy atom. The highest BCUT2D eigenvalue weighted by molar-refractivity contribution is 7.89. The highest BCUT2D eigenvalue weighted by atomic mass is 35.5. The predicted molar refractivity (Wildman–Crippen MR) is 97.6 cm³/mol. The highest BCUT2D eigenvalue weighted by Gasteiger charge is 2.29. The lowest BCUT2D eigenvalue weighted by atomic mass is 10.1. The van der Waals surface area contributed by atoms with Crippen molar-refractivity contribution in [3.05, 3.63) is 28.2 Å². The van der Waals surface area contributed by atoms with Crippen molar-refractivity contribution < 1.29 is 17.9 Å². The van der Waals surface area contributed by atoms with Crippen molar-refractivity contribution in [3.8, 4) is 0 Å². The van der Waals surface area contributed by atoms with E-state index in [9.17, 15) is 13.2 Å². The van der Waals surface area contributed by atoms with Gasteiger partial charge in [-0.1, -0.05) is 23.2 Å². The van der Waals surface area contributed by atoms with Crippen molar-refractivity contribution in [2.24, 2.45) is 0 Å². The zero-order valence-electron chi connectivity index (χ0n) is 14.4. The lowest BCUT2D eigenvalue weighted by molar-refractivity contribution is 0.0204. The Labute approximate surface area is 158 Å². The largest absolute Gasteiger partial charge is 0.444 e. The number of nitrogens with zero attached hydrogens (tertiary/aromatic N) is 1. The van der Waals surface area contributed by atoms with Crippen molar-refractivity contribution in [3.63, 3.8) is 0 Å². The van der Waals surface area contributed by atoms with Gasteiger partial charge in [0.15, 0.2) is 0 Å². The van der Waals surface area contributed by atoms with Crippen LogP contribution < -0.4 is 4.72 Å². The van der Waals surface area contributed by atoms with E-state index in [1.165, 1.54) is 18.2 Å². The molecule has 1 N–H and O–H groups in total. The van der Waals surface area contributed by atoms with E-state index in [2.05, 4.69) is 4.72 Å². The van der Waals surface area contributed by atoms with E-state index in [1.54, 1.807) is 4.90 Å². The Bertz CT molecular complexity index is 739. The number of amides is 1. The van der Waals surface area contributed by atoms with E-state index in [0.29, 0.717) is 31.0 Å². The van der Waals surface area contributed by atoms with Crippen LogP contribution in [-0.4, -0.2) is 44.1 Å². The quantitative estimate of drug-likeness (QED) is 0.827. The Hall–Kier alpha value is -1.02. The number of carbonyl (C=O) groups excluding carboxylic acids is 1. The van der Waals surface area contributed by atoms with E-state index in [0.717, 1.165) is 0 Å². The monoisotopic (exact) mass is 408 g/mol. The first kappa shape index (κ1) is 20.3. The zero-order chi connectivity index (χ0) is 18.8. The minimum Gasteiger partial charge on any atom is -0.444 e. The van der Waals surface area contributed by atoms with Crippen molar-refractivity contribution in [1.82, 2.24) is 9.62 Å². The van der Waals surface area contributed by atoms with E-state index in [4.69, 9.17) is 27.9 Å². The third-order valence-electron chi connectivity index (χ3n) is 3.65. The molecule has 1 fully saturated rings. The van der Waals surface area contributed by atoms with Gasteiger partial charge in [0.2, 0.25) is 10.0 Å². The number of carbonyl (C=O) groups is 1. The summed E-state index contributed by atoms with van der Waals surface area (Å²) < 4.78 is 33.0. The van der Waals surface area contributed by atoms with Gasteiger partial charge in [-0.3, -0.25) is 0 Å². The van der Waals surface area contributed by atoms with Crippen LogP contribution >= 0.6 is 23.2 Å². The number of hydrogen-bond acceptors (Lipinski definition) is 4. The Morgan fingerprint density at radius 2 is 1.84 bits per heavy atom. The molecule has 1 heterocycles. The molecule has 1 aromatic carbocycles. The molecular formula is C16H22Cl2N2O4S. The van der Waals surface area contributed by atoms with E-state index in [-0.39, 0.29) is 22.1 Å². The maximum absolute atomic E-state index is 12.5. The van der Waals surface area contributed by atoms with Gasteiger partial charge in [0.1, 0.15) is 10.5 Å². The standard InChI is InChI=1S/C16H22Cl2N2O4S/c1-16(2,3)24-15(21)20-8-6-12(7-9-20)19-25(22,23)14-5-4-11(17)10-13(14)18/h4-5,10,12,19H,6-9H2,1-3H3. The molecule has 0 aromatic heterocycles. The minimum atomic E-state index is -3.75. The van der Waals surface area contributed by atoms with Gasteiger partial charge in [0.05, 0.1) is 5.02 Å². The van der Waals surface area contributed by atoms with Crippen LogP contribution in [0.4, 0.5) is 4.79 Å². The summed E-state index contributed by atoms with van der Waals surface area (Å²) in [5.74, 6) is 0. The Morgan fingerprint density at radius 1 is 1.24 bits per heavy atom. The van der Waals surface area contributed by atoms with Crippen LogP contribution in [0.15, 0.2) is 23.1 Å². The fourth-order valence-corrected chi connectivity index (χ4v) is 4.56. The second-order valence-corrected chi connectivity index (χ2v) is 9.46. The van der Waals surface area contributed by atoms with Crippen molar-refractivity contribution in [1.29, 1.82) is 0 Å². The van der Waals surface area contributed by atoms with Gasteiger partial charge in [-0.05, 0) is 51.8 Å². The summed E-state index contributed by atoms with van der Waals surface area (Å²) in [6.45, 7) is 6.28. The number of hydrogen-bond donors (Lipinski definition) is 1. The van der Waals surface area contributed by atoms with Crippen LogP contribution in [0.25, 0.3) is 0 Å². The molecule has 0 saturated carbocycles. The lowest BCUT2D eigenvalue weighted by Gasteiger charge is -2.33. The van der Waals surface area contributed by atoms with E-state index < -0.39 is 15.6 Å².